The van der Waals surface area contributed by atoms with Crippen molar-refractivity contribution < 1.29 is 16.8 Å². The molecule has 10 heteroatoms. The number of sulfonamides is 2. The van der Waals surface area contributed by atoms with Gasteiger partial charge < -0.3 is 4.98 Å². The second kappa shape index (κ2) is 7.16. The van der Waals surface area contributed by atoms with Crippen molar-refractivity contribution in [2.24, 2.45) is 0 Å². The average Bonchev–Trinajstić information content (AvgIpc) is 2.37. The summed E-state index contributed by atoms with van der Waals surface area (Å²) in [5.41, 5.74) is -0.604. The Balaban J connectivity index is 2.60. The molecule has 1 rings (SSSR count). The Morgan fingerprint density at radius 2 is 1.95 bits per heavy atom. The fraction of sp³-hybridized carbons (Fsp3) is 0.545. The Morgan fingerprint density at radius 3 is 2.48 bits per heavy atom. The lowest BCUT2D eigenvalue weighted by Gasteiger charge is -2.17. The SMILES string of the molecule is CCN(CCCNS(=O)(=O)c1c[nH]ccc1=O)S(C)(=O)=O. The molecule has 0 unspecified atom stereocenters. The first-order valence-corrected chi connectivity index (χ1v) is 9.63. The van der Waals surface area contributed by atoms with Crippen LogP contribution in [0, 0.1) is 0 Å². The molecule has 1 aromatic heterocycles. The highest BCUT2D eigenvalue weighted by Crippen LogP contribution is 2.01. The van der Waals surface area contributed by atoms with E-state index in [1.54, 1.807) is 6.92 Å². The number of aromatic amines is 1. The van der Waals surface area contributed by atoms with Gasteiger partial charge in [-0.15, -0.1) is 0 Å². The lowest BCUT2D eigenvalue weighted by molar-refractivity contribution is 0.424. The van der Waals surface area contributed by atoms with E-state index in [0.717, 1.165) is 18.5 Å². The molecule has 0 spiro atoms. The molecular weight excluding hydrogens is 318 g/mol. The van der Waals surface area contributed by atoms with Gasteiger partial charge in [-0.3, -0.25) is 4.79 Å². The van der Waals surface area contributed by atoms with Crippen molar-refractivity contribution in [3.63, 3.8) is 0 Å². The summed E-state index contributed by atoms with van der Waals surface area (Å²) in [6, 6.07) is 1.12. The van der Waals surface area contributed by atoms with Gasteiger partial charge in [-0.2, -0.15) is 0 Å². The van der Waals surface area contributed by atoms with Crippen molar-refractivity contribution in [3.8, 4) is 0 Å². The molecular formula is C11H19N3O5S2. The Hall–Kier alpha value is -1.23. The first-order valence-electron chi connectivity index (χ1n) is 6.30. The molecule has 0 radical (unpaired) electrons. The van der Waals surface area contributed by atoms with Crippen LogP contribution in [0.25, 0.3) is 0 Å². The zero-order valence-electron chi connectivity index (χ0n) is 11.9. The van der Waals surface area contributed by atoms with Crippen LogP contribution in [0.15, 0.2) is 28.2 Å². The highest BCUT2D eigenvalue weighted by atomic mass is 32.2. The molecule has 0 saturated carbocycles. The van der Waals surface area contributed by atoms with Crippen molar-refractivity contribution in [1.82, 2.24) is 14.0 Å². The highest BCUT2D eigenvalue weighted by Gasteiger charge is 2.18. The number of aromatic nitrogens is 1. The molecule has 21 heavy (non-hydrogen) atoms. The Kier molecular flexibility index (Phi) is 6.08. The monoisotopic (exact) mass is 337 g/mol. The second-order valence-corrected chi connectivity index (χ2v) is 8.10. The number of nitrogens with zero attached hydrogens (tertiary/aromatic N) is 1. The van der Waals surface area contributed by atoms with E-state index in [0.29, 0.717) is 13.0 Å². The maximum Gasteiger partial charge on any atom is 0.245 e. The van der Waals surface area contributed by atoms with Gasteiger partial charge in [0.05, 0.1) is 6.26 Å². The fourth-order valence-electron chi connectivity index (χ4n) is 1.71. The Labute approximate surface area is 124 Å². The van der Waals surface area contributed by atoms with Crippen LogP contribution in [0.5, 0.6) is 0 Å². The largest absolute Gasteiger partial charge is 0.366 e. The summed E-state index contributed by atoms with van der Waals surface area (Å²) in [6.07, 6.45) is 3.86. The van der Waals surface area contributed by atoms with Crippen molar-refractivity contribution in [3.05, 3.63) is 28.7 Å². The van der Waals surface area contributed by atoms with Crippen LogP contribution in [0.2, 0.25) is 0 Å². The molecule has 0 fully saturated rings. The van der Waals surface area contributed by atoms with Crippen LogP contribution < -0.4 is 10.2 Å². The van der Waals surface area contributed by atoms with E-state index >= 15 is 0 Å². The smallest absolute Gasteiger partial charge is 0.245 e. The molecule has 0 aromatic carbocycles. The lowest BCUT2D eigenvalue weighted by Crippen LogP contribution is -2.34. The van der Waals surface area contributed by atoms with Crippen molar-refractivity contribution in [2.45, 2.75) is 18.2 Å². The summed E-state index contributed by atoms with van der Waals surface area (Å²) in [5, 5.41) is 0. The molecule has 0 atom stereocenters. The lowest BCUT2D eigenvalue weighted by atomic mass is 10.4. The molecule has 1 aromatic rings. The van der Waals surface area contributed by atoms with Gasteiger partial charge in [-0.25, -0.2) is 25.9 Å². The maximum absolute atomic E-state index is 11.9. The molecule has 0 amide bonds. The molecule has 120 valence electrons. The van der Waals surface area contributed by atoms with Crippen LogP contribution in [0.4, 0.5) is 0 Å². The summed E-state index contributed by atoms with van der Waals surface area (Å²) < 4.78 is 50.0. The van der Waals surface area contributed by atoms with Gasteiger partial charge in [-0.1, -0.05) is 6.92 Å². The number of nitrogens with one attached hydrogen (secondary N) is 2. The third kappa shape index (κ3) is 5.23. The average molecular weight is 337 g/mol. The molecule has 0 aliphatic heterocycles. The van der Waals surface area contributed by atoms with E-state index in [-0.39, 0.29) is 18.0 Å². The standard InChI is InChI=1S/C11H19N3O5S2/c1-3-14(20(2,16)17)8-4-6-13-21(18,19)11-9-12-7-5-10(11)15/h5,7,9,13H,3-4,6,8H2,1-2H3,(H,12,15). The summed E-state index contributed by atoms with van der Waals surface area (Å²) >= 11 is 0. The number of hydrogen-bond donors (Lipinski definition) is 2. The van der Waals surface area contributed by atoms with Crippen LogP contribution in [0.3, 0.4) is 0 Å². The van der Waals surface area contributed by atoms with Gasteiger partial charge in [0.2, 0.25) is 25.5 Å². The maximum atomic E-state index is 11.9. The van der Waals surface area contributed by atoms with E-state index in [1.807, 2.05) is 0 Å². The summed E-state index contributed by atoms with van der Waals surface area (Å²) in [7, 11) is -7.18. The molecule has 2 N–H and O–H groups in total. The van der Waals surface area contributed by atoms with Crippen LogP contribution in [-0.2, 0) is 20.0 Å². The topological polar surface area (TPSA) is 116 Å². The predicted octanol–water partition coefficient (Wildman–Crippen LogP) is -0.675. The summed E-state index contributed by atoms with van der Waals surface area (Å²) in [4.78, 5) is 13.6. The number of rotatable bonds is 8. The summed E-state index contributed by atoms with van der Waals surface area (Å²) in [5.74, 6) is 0. The van der Waals surface area contributed by atoms with Crippen molar-refractivity contribution >= 4 is 20.0 Å². The first-order chi connectivity index (χ1) is 9.68. The minimum Gasteiger partial charge on any atom is -0.366 e. The van der Waals surface area contributed by atoms with Crippen LogP contribution in [-0.4, -0.2) is 52.0 Å². The zero-order valence-corrected chi connectivity index (χ0v) is 13.5. The van der Waals surface area contributed by atoms with Gasteiger partial charge in [-0.05, 0) is 6.42 Å². The highest BCUT2D eigenvalue weighted by molar-refractivity contribution is 7.89. The molecule has 0 aliphatic rings. The fourth-order valence-corrected chi connectivity index (χ4v) is 3.76. The minimum atomic E-state index is -3.89. The second-order valence-electron chi connectivity index (χ2n) is 4.38. The number of pyridine rings is 1. The van der Waals surface area contributed by atoms with Crippen molar-refractivity contribution in [2.75, 3.05) is 25.9 Å². The van der Waals surface area contributed by atoms with E-state index < -0.39 is 25.5 Å². The molecule has 0 bridgehead atoms. The molecule has 1 heterocycles. The van der Waals surface area contributed by atoms with Crippen LogP contribution >= 0.6 is 0 Å². The molecule has 8 nitrogen and oxygen atoms in total. The van der Waals surface area contributed by atoms with Crippen LogP contribution in [0.1, 0.15) is 13.3 Å². The minimum absolute atomic E-state index is 0.0443. The zero-order chi connectivity index (χ0) is 16.1. The molecule has 0 aliphatic carbocycles. The number of hydrogen-bond acceptors (Lipinski definition) is 5. The van der Waals surface area contributed by atoms with E-state index in [9.17, 15) is 21.6 Å². The Morgan fingerprint density at radius 1 is 1.29 bits per heavy atom. The van der Waals surface area contributed by atoms with E-state index in [2.05, 4.69) is 9.71 Å². The van der Waals surface area contributed by atoms with E-state index in [1.165, 1.54) is 10.5 Å². The number of H-pyrrole nitrogens is 1. The third-order valence-corrected chi connectivity index (χ3v) is 5.64. The molecule has 0 saturated heterocycles. The normalized spacial score (nSPS) is 12.7. The predicted molar refractivity (Wildman–Crippen MR) is 79.0 cm³/mol. The van der Waals surface area contributed by atoms with Gasteiger partial charge in [0, 0.05) is 38.1 Å². The van der Waals surface area contributed by atoms with Gasteiger partial charge in [0.25, 0.3) is 0 Å². The third-order valence-electron chi connectivity index (χ3n) is 2.78. The quantitative estimate of drug-likeness (QED) is 0.610. The van der Waals surface area contributed by atoms with Crippen molar-refractivity contribution in [1.29, 1.82) is 0 Å². The Bertz CT molecular complexity index is 724. The first kappa shape index (κ1) is 17.8. The van der Waals surface area contributed by atoms with Gasteiger partial charge in [0.15, 0.2) is 0 Å². The van der Waals surface area contributed by atoms with Gasteiger partial charge in [0.1, 0.15) is 4.90 Å². The van der Waals surface area contributed by atoms with E-state index in [4.69, 9.17) is 0 Å². The van der Waals surface area contributed by atoms with Gasteiger partial charge >= 0.3 is 0 Å². The summed E-state index contributed by atoms with van der Waals surface area (Å²) in [6.45, 7) is 2.28.